The first-order chi connectivity index (χ1) is 6.13. The van der Waals surface area contributed by atoms with Crippen LogP contribution in [0.3, 0.4) is 0 Å². The molecule has 2 heteroatoms. The van der Waals surface area contributed by atoms with Crippen molar-refractivity contribution in [2.24, 2.45) is 7.05 Å². The molecule has 0 spiro atoms. The summed E-state index contributed by atoms with van der Waals surface area (Å²) in [5.41, 5.74) is 5.08. The lowest BCUT2D eigenvalue weighted by Crippen LogP contribution is -1.90. The van der Waals surface area contributed by atoms with Gasteiger partial charge >= 0.3 is 0 Å². The lowest BCUT2D eigenvalue weighted by Gasteiger charge is -1.98. The van der Waals surface area contributed by atoms with E-state index < -0.39 is 0 Å². The number of fused-ring (bicyclic) bond motifs is 1. The van der Waals surface area contributed by atoms with E-state index in [9.17, 15) is 0 Å². The molecule has 13 heavy (non-hydrogen) atoms. The van der Waals surface area contributed by atoms with Gasteiger partial charge in [-0.05, 0) is 32.4 Å². The maximum absolute atomic E-state index is 4.31. The SMILES string of the molecule is Cc1nccc2c1c(C)c(C)n2C. The normalized spacial score (nSPS) is 11.1. The molecule has 0 aliphatic carbocycles. The summed E-state index contributed by atoms with van der Waals surface area (Å²) >= 11 is 0. The Bertz CT molecular complexity index is 466. The van der Waals surface area contributed by atoms with Crippen LogP contribution in [-0.2, 0) is 7.05 Å². The van der Waals surface area contributed by atoms with Crippen molar-refractivity contribution in [3.8, 4) is 0 Å². The Morgan fingerprint density at radius 1 is 1.23 bits per heavy atom. The molecule has 0 aromatic carbocycles. The zero-order valence-electron chi connectivity index (χ0n) is 8.55. The van der Waals surface area contributed by atoms with E-state index in [2.05, 4.69) is 43.4 Å². The van der Waals surface area contributed by atoms with Crippen LogP contribution >= 0.6 is 0 Å². The number of pyridine rings is 1. The molecule has 0 bridgehead atoms. The molecule has 0 saturated carbocycles. The molecule has 0 unspecified atom stereocenters. The molecule has 0 amide bonds. The number of aryl methyl sites for hydroxylation is 3. The van der Waals surface area contributed by atoms with Crippen molar-refractivity contribution in [2.75, 3.05) is 0 Å². The van der Waals surface area contributed by atoms with Crippen molar-refractivity contribution in [3.63, 3.8) is 0 Å². The maximum Gasteiger partial charge on any atom is 0.0516 e. The number of aromatic nitrogens is 2. The van der Waals surface area contributed by atoms with Gasteiger partial charge in [-0.3, -0.25) is 4.98 Å². The first-order valence-electron chi connectivity index (χ1n) is 4.50. The van der Waals surface area contributed by atoms with Crippen LogP contribution in [0.5, 0.6) is 0 Å². The summed E-state index contributed by atoms with van der Waals surface area (Å²) in [6.45, 7) is 6.37. The van der Waals surface area contributed by atoms with Gasteiger partial charge in [0.1, 0.15) is 0 Å². The Balaban J connectivity index is 3.03. The summed E-state index contributed by atoms with van der Waals surface area (Å²) in [6.07, 6.45) is 1.87. The minimum Gasteiger partial charge on any atom is -0.348 e. The first-order valence-corrected chi connectivity index (χ1v) is 4.50. The second-order valence-electron chi connectivity index (χ2n) is 3.56. The van der Waals surface area contributed by atoms with Gasteiger partial charge in [0.05, 0.1) is 5.52 Å². The molecular weight excluding hydrogens is 160 g/mol. The van der Waals surface area contributed by atoms with Gasteiger partial charge in [-0.2, -0.15) is 0 Å². The smallest absolute Gasteiger partial charge is 0.0516 e. The summed E-state index contributed by atoms with van der Waals surface area (Å²) in [7, 11) is 2.10. The summed E-state index contributed by atoms with van der Waals surface area (Å²) in [4.78, 5) is 4.31. The van der Waals surface area contributed by atoms with Crippen molar-refractivity contribution >= 4 is 10.9 Å². The molecule has 2 aromatic rings. The van der Waals surface area contributed by atoms with E-state index in [0.717, 1.165) is 5.69 Å². The van der Waals surface area contributed by atoms with E-state index in [1.807, 2.05) is 6.20 Å². The van der Waals surface area contributed by atoms with Crippen LogP contribution in [-0.4, -0.2) is 9.55 Å². The van der Waals surface area contributed by atoms with Crippen LogP contribution in [0.2, 0.25) is 0 Å². The molecule has 0 aliphatic heterocycles. The van der Waals surface area contributed by atoms with Gasteiger partial charge < -0.3 is 4.57 Å². The highest BCUT2D eigenvalue weighted by atomic mass is 14.9. The lowest BCUT2D eigenvalue weighted by atomic mass is 10.1. The predicted octanol–water partition coefficient (Wildman–Crippen LogP) is 2.50. The van der Waals surface area contributed by atoms with E-state index in [-0.39, 0.29) is 0 Å². The summed E-state index contributed by atoms with van der Waals surface area (Å²) < 4.78 is 2.22. The molecule has 0 atom stereocenters. The van der Waals surface area contributed by atoms with E-state index in [1.54, 1.807) is 0 Å². The van der Waals surface area contributed by atoms with Crippen LogP contribution in [0.25, 0.3) is 10.9 Å². The Labute approximate surface area is 78.2 Å². The van der Waals surface area contributed by atoms with Crippen molar-refractivity contribution in [1.82, 2.24) is 9.55 Å². The van der Waals surface area contributed by atoms with Crippen LogP contribution in [0.4, 0.5) is 0 Å². The zero-order chi connectivity index (χ0) is 9.59. The fourth-order valence-corrected chi connectivity index (χ4v) is 1.91. The van der Waals surface area contributed by atoms with Crippen molar-refractivity contribution in [3.05, 3.63) is 29.2 Å². The second kappa shape index (κ2) is 2.59. The molecule has 2 rings (SSSR count). The monoisotopic (exact) mass is 174 g/mol. The lowest BCUT2D eigenvalue weighted by molar-refractivity contribution is 0.910. The molecule has 2 nitrogen and oxygen atoms in total. The van der Waals surface area contributed by atoms with Gasteiger partial charge in [0, 0.05) is 30.0 Å². The van der Waals surface area contributed by atoms with Gasteiger partial charge in [-0.25, -0.2) is 0 Å². The summed E-state index contributed by atoms with van der Waals surface area (Å²) in [5, 5.41) is 1.31. The molecule has 0 N–H and O–H groups in total. The number of rotatable bonds is 0. The van der Waals surface area contributed by atoms with Crippen LogP contribution in [0, 0.1) is 20.8 Å². The molecule has 0 fully saturated rings. The topological polar surface area (TPSA) is 17.8 Å². The molecule has 2 heterocycles. The van der Waals surface area contributed by atoms with Gasteiger partial charge in [-0.1, -0.05) is 0 Å². The largest absolute Gasteiger partial charge is 0.348 e. The summed E-state index contributed by atoms with van der Waals surface area (Å²) in [6, 6.07) is 2.07. The summed E-state index contributed by atoms with van der Waals surface area (Å²) in [5.74, 6) is 0. The second-order valence-corrected chi connectivity index (χ2v) is 3.56. The Morgan fingerprint density at radius 3 is 2.54 bits per heavy atom. The van der Waals surface area contributed by atoms with Crippen LogP contribution in [0.15, 0.2) is 12.3 Å². The Kier molecular flexibility index (Phi) is 1.65. The quantitative estimate of drug-likeness (QED) is 0.600. The average Bonchev–Trinajstić information content (AvgIpc) is 2.33. The van der Waals surface area contributed by atoms with Crippen molar-refractivity contribution in [2.45, 2.75) is 20.8 Å². The molecule has 0 saturated heterocycles. The number of nitrogens with zero attached hydrogens (tertiary/aromatic N) is 2. The van der Waals surface area contributed by atoms with E-state index >= 15 is 0 Å². The molecule has 68 valence electrons. The van der Waals surface area contributed by atoms with Gasteiger partial charge in [0.2, 0.25) is 0 Å². The van der Waals surface area contributed by atoms with E-state index in [1.165, 1.54) is 22.2 Å². The van der Waals surface area contributed by atoms with Crippen molar-refractivity contribution in [1.29, 1.82) is 0 Å². The standard InChI is InChI=1S/C11H14N2/c1-7-9(3)13(4)10-5-6-12-8(2)11(7)10/h5-6H,1-4H3. The minimum absolute atomic E-state index is 1.12. The number of hydrogen-bond acceptors (Lipinski definition) is 1. The number of hydrogen-bond donors (Lipinski definition) is 0. The fourth-order valence-electron chi connectivity index (χ4n) is 1.91. The minimum atomic E-state index is 1.12. The highest BCUT2D eigenvalue weighted by molar-refractivity contribution is 5.86. The van der Waals surface area contributed by atoms with Crippen LogP contribution in [0.1, 0.15) is 17.0 Å². The molecule has 0 radical (unpaired) electrons. The van der Waals surface area contributed by atoms with Gasteiger partial charge in [0.15, 0.2) is 0 Å². The molecule has 2 aromatic heterocycles. The zero-order valence-corrected chi connectivity index (χ0v) is 8.55. The highest BCUT2D eigenvalue weighted by Crippen LogP contribution is 2.25. The first kappa shape index (κ1) is 8.30. The third-order valence-electron chi connectivity index (χ3n) is 2.90. The highest BCUT2D eigenvalue weighted by Gasteiger charge is 2.09. The third-order valence-corrected chi connectivity index (χ3v) is 2.90. The maximum atomic E-state index is 4.31. The molecule has 0 aliphatic rings. The molecular formula is C11H14N2. The predicted molar refractivity (Wildman–Crippen MR) is 54.9 cm³/mol. The van der Waals surface area contributed by atoms with E-state index in [0.29, 0.717) is 0 Å². The third kappa shape index (κ3) is 0.981. The Morgan fingerprint density at radius 2 is 1.92 bits per heavy atom. The van der Waals surface area contributed by atoms with Gasteiger partial charge in [0.25, 0.3) is 0 Å². The fraction of sp³-hybridized carbons (Fsp3) is 0.364. The average molecular weight is 174 g/mol. The Hall–Kier alpha value is -1.31. The van der Waals surface area contributed by atoms with Crippen LogP contribution < -0.4 is 0 Å². The van der Waals surface area contributed by atoms with Crippen molar-refractivity contribution < 1.29 is 0 Å². The van der Waals surface area contributed by atoms with E-state index in [4.69, 9.17) is 0 Å². The van der Waals surface area contributed by atoms with Gasteiger partial charge in [-0.15, -0.1) is 0 Å².